The van der Waals surface area contributed by atoms with E-state index in [4.69, 9.17) is 9.84 Å². The largest absolute Gasteiger partial charge is 0.391 e. The minimum atomic E-state index is -0.209. The highest BCUT2D eigenvalue weighted by Crippen LogP contribution is 2.11. The molecule has 0 radical (unpaired) electrons. The average Bonchev–Trinajstić information content (AvgIpc) is 1.91. The Balaban J connectivity index is 0.000000371. The lowest BCUT2D eigenvalue weighted by molar-refractivity contribution is -0.0312. The van der Waals surface area contributed by atoms with Crippen LogP contribution in [0.5, 0.6) is 0 Å². The summed E-state index contributed by atoms with van der Waals surface area (Å²) in [6, 6.07) is 0. The first-order valence-corrected chi connectivity index (χ1v) is 4.05. The van der Waals surface area contributed by atoms with Crippen molar-refractivity contribution in [3.05, 3.63) is 0 Å². The lowest BCUT2D eigenvalue weighted by atomic mass is 10.0. The zero-order valence-electron chi connectivity index (χ0n) is 7.13. The predicted molar refractivity (Wildman–Crippen MR) is 42.0 cm³/mol. The van der Waals surface area contributed by atoms with Crippen molar-refractivity contribution in [1.29, 1.82) is 0 Å². The van der Waals surface area contributed by atoms with E-state index in [2.05, 4.69) is 6.92 Å². The summed E-state index contributed by atoms with van der Waals surface area (Å²) in [5.41, 5.74) is 0. The molecular formula is C8H18O2. The van der Waals surface area contributed by atoms with Gasteiger partial charge in [0.1, 0.15) is 0 Å². The van der Waals surface area contributed by atoms with Gasteiger partial charge in [0.05, 0.1) is 12.7 Å². The van der Waals surface area contributed by atoms with Crippen LogP contribution in [0.25, 0.3) is 0 Å². The van der Waals surface area contributed by atoms with E-state index in [9.17, 15) is 0 Å². The molecule has 0 saturated carbocycles. The number of ether oxygens (including phenoxy) is 1. The maximum atomic E-state index is 8.95. The first-order valence-electron chi connectivity index (χ1n) is 4.05. The molecule has 0 aliphatic carbocycles. The molecule has 0 aromatic rings. The number of aliphatic hydroxyl groups excluding tert-OH is 1. The van der Waals surface area contributed by atoms with Gasteiger partial charge >= 0.3 is 0 Å². The SMILES string of the molecule is CC.CC1COCC(O)C1. The van der Waals surface area contributed by atoms with Gasteiger partial charge in [-0.1, -0.05) is 20.8 Å². The van der Waals surface area contributed by atoms with Crippen LogP contribution in [-0.4, -0.2) is 24.4 Å². The van der Waals surface area contributed by atoms with Gasteiger partial charge in [-0.15, -0.1) is 0 Å². The first kappa shape index (κ1) is 9.92. The zero-order valence-corrected chi connectivity index (χ0v) is 7.13. The Labute approximate surface area is 63.2 Å². The topological polar surface area (TPSA) is 29.5 Å². The van der Waals surface area contributed by atoms with Gasteiger partial charge in [-0.2, -0.15) is 0 Å². The summed E-state index contributed by atoms with van der Waals surface area (Å²) in [6.45, 7) is 7.43. The summed E-state index contributed by atoms with van der Waals surface area (Å²) < 4.78 is 5.04. The van der Waals surface area contributed by atoms with Gasteiger partial charge in [0.25, 0.3) is 0 Å². The maximum absolute atomic E-state index is 8.95. The summed E-state index contributed by atoms with van der Waals surface area (Å²) >= 11 is 0. The van der Waals surface area contributed by atoms with Crippen LogP contribution in [0.4, 0.5) is 0 Å². The van der Waals surface area contributed by atoms with E-state index in [1.807, 2.05) is 13.8 Å². The van der Waals surface area contributed by atoms with Crippen LogP contribution in [0.1, 0.15) is 27.2 Å². The second kappa shape index (κ2) is 5.69. The van der Waals surface area contributed by atoms with Gasteiger partial charge in [0, 0.05) is 6.61 Å². The van der Waals surface area contributed by atoms with Crippen LogP contribution in [0, 0.1) is 5.92 Å². The van der Waals surface area contributed by atoms with Crippen molar-refractivity contribution in [3.8, 4) is 0 Å². The molecule has 1 N–H and O–H groups in total. The Morgan fingerprint density at radius 3 is 2.20 bits per heavy atom. The minimum Gasteiger partial charge on any atom is -0.391 e. The van der Waals surface area contributed by atoms with Crippen molar-refractivity contribution in [2.45, 2.75) is 33.3 Å². The molecule has 0 aromatic carbocycles. The van der Waals surface area contributed by atoms with Gasteiger partial charge in [0.2, 0.25) is 0 Å². The van der Waals surface area contributed by atoms with Gasteiger partial charge in [0.15, 0.2) is 0 Å². The second-order valence-corrected chi connectivity index (χ2v) is 2.53. The molecule has 2 nitrogen and oxygen atoms in total. The molecule has 1 aliphatic heterocycles. The molecule has 1 rings (SSSR count). The van der Waals surface area contributed by atoms with E-state index in [-0.39, 0.29) is 6.10 Å². The molecule has 1 heterocycles. The summed E-state index contributed by atoms with van der Waals surface area (Å²) in [7, 11) is 0. The molecule has 62 valence electrons. The second-order valence-electron chi connectivity index (χ2n) is 2.53. The molecule has 2 atom stereocenters. The third-order valence-corrected chi connectivity index (χ3v) is 1.39. The van der Waals surface area contributed by atoms with Crippen LogP contribution in [-0.2, 0) is 4.74 Å². The summed E-state index contributed by atoms with van der Waals surface area (Å²) in [6.07, 6.45) is 0.693. The standard InChI is InChI=1S/C6H12O2.C2H6/c1-5-2-6(7)4-8-3-5;1-2/h5-7H,2-4H2,1H3;1-2H3. The van der Waals surface area contributed by atoms with E-state index >= 15 is 0 Å². The van der Waals surface area contributed by atoms with Crippen molar-refractivity contribution in [1.82, 2.24) is 0 Å². The fourth-order valence-corrected chi connectivity index (χ4v) is 1.01. The van der Waals surface area contributed by atoms with Gasteiger partial charge in [-0.25, -0.2) is 0 Å². The lowest BCUT2D eigenvalue weighted by Gasteiger charge is -2.22. The highest BCUT2D eigenvalue weighted by molar-refractivity contribution is 4.64. The lowest BCUT2D eigenvalue weighted by Crippen LogP contribution is -2.27. The van der Waals surface area contributed by atoms with Crippen LogP contribution in [0.3, 0.4) is 0 Å². The number of aliphatic hydroxyl groups is 1. The van der Waals surface area contributed by atoms with E-state index in [0.29, 0.717) is 12.5 Å². The smallest absolute Gasteiger partial charge is 0.0777 e. The zero-order chi connectivity index (χ0) is 7.98. The molecule has 0 spiro atoms. The molecule has 1 saturated heterocycles. The Kier molecular flexibility index (Phi) is 5.64. The van der Waals surface area contributed by atoms with Crippen molar-refractivity contribution in [2.24, 2.45) is 5.92 Å². The highest BCUT2D eigenvalue weighted by Gasteiger charge is 2.15. The van der Waals surface area contributed by atoms with Crippen molar-refractivity contribution >= 4 is 0 Å². The monoisotopic (exact) mass is 146 g/mol. The van der Waals surface area contributed by atoms with Crippen LogP contribution in [0.2, 0.25) is 0 Å². The minimum absolute atomic E-state index is 0.209. The first-order chi connectivity index (χ1) is 4.79. The van der Waals surface area contributed by atoms with E-state index in [1.165, 1.54) is 0 Å². The molecule has 2 unspecified atom stereocenters. The van der Waals surface area contributed by atoms with Crippen molar-refractivity contribution < 1.29 is 9.84 Å². The number of hydrogen-bond donors (Lipinski definition) is 1. The molecule has 2 heteroatoms. The van der Waals surface area contributed by atoms with Crippen molar-refractivity contribution in [3.63, 3.8) is 0 Å². The average molecular weight is 146 g/mol. The Morgan fingerprint density at radius 1 is 1.30 bits per heavy atom. The molecule has 1 fully saturated rings. The molecular weight excluding hydrogens is 128 g/mol. The third kappa shape index (κ3) is 3.85. The van der Waals surface area contributed by atoms with Crippen LogP contribution in [0.15, 0.2) is 0 Å². The molecule has 10 heavy (non-hydrogen) atoms. The molecule has 0 amide bonds. The van der Waals surface area contributed by atoms with Crippen molar-refractivity contribution in [2.75, 3.05) is 13.2 Å². The molecule has 0 aromatic heterocycles. The fraction of sp³-hybridized carbons (Fsp3) is 1.00. The van der Waals surface area contributed by atoms with Crippen LogP contribution < -0.4 is 0 Å². The Morgan fingerprint density at radius 2 is 1.90 bits per heavy atom. The number of rotatable bonds is 0. The summed E-state index contributed by atoms with van der Waals surface area (Å²) in [5, 5.41) is 8.95. The summed E-state index contributed by atoms with van der Waals surface area (Å²) in [4.78, 5) is 0. The molecule has 1 aliphatic rings. The van der Waals surface area contributed by atoms with E-state index in [0.717, 1.165) is 13.0 Å². The number of hydrogen-bond acceptors (Lipinski definition) is 2. The van der Waals surface area contributed by atoms with Gasteiger partial charge in [-0.05, 0) is 12.3 Å². The Hall–Kier alpha value is -0.0800. The predicted octanol–water partition coefficient (Wildman–Crippen LogP) is 1.43. The molecule has 0 bridgehead atoms. The van der Waals surface area contributed by atoms with Gasteiger partial charge < -0.3 is 9.84 Å². The Bertz CT molecular complexity index is 65.7. The van der Waals surface area contributed by atoms with E-state index < -0.39 is 0 Å². The quantitative estimate of drug-likeness (QED) is 0.560. The highest BCUT2D eigenvalue weighted by atomic mass is 16.5. The fourth-order valence-electron chi connectivity index (χ4n) is 1.01. The normalized spacial score (nSPS) is 32.4. The van der Waals surface area contributed by atoms with Gasteiger partial charge in [-0.3, -0.25) is 0 Å². The third-order valence-electron chi connectivity index (χ3n) is 1.39. The maximum Gasteiger partial charge on any atom is 0.0777 e. The summed E-state index contributed by atoms with van der Waals surface area (Å²) in [5.74, 6) is 0.541. The van der Waals surface area contributed by atoms with Crippen LogP contribution >= 0.6 is 0 Å². The van der Waals surface area contributed by atoms with E-state index in [1.54, 1.807) is 0 Å².